The molecule has 2 aromatic rings. The number of rotatable bonds is 5. The van der Waals surface area contributed by atoms with Gasteiger partial charge in [0.05, 0.1) is 12.1 Å². The average Bonchev–Trinajstić information content (AvgIpc) is 2.56. The number of anilines is 1. The number of alkyl halides is 6. The fourth-order valence-corrected chi connectivity index (χ4v) is 3.04. The second-order valence-corrected chi connectivity index (χ2v) is 6.82. The van der Waals surface area contributed by atoms with Crippen molar-refractivity contribution in [1.82, 2.24) is 0 Å². The maximum Gasteiger partial charge on any atom is 0.423 e. The first-order valence-electron chi connectivity index (χ1n) is 7.67. The molecule has 1 atom stereocenters. The zero-order chi connectivity index (χ0) is 21.3. The van der Waals surface area contributed by atoms with Crippen molar-refractivity contribution in [3.8, 4) is 0 Å². The summed E-state index contributed by atoms with van der Waals surface area (Å²) >= 11 is 11.4. The Morgan fingerprint density at radius 3 is 1.96 bits per heavy atom. The fourth-order valence-electron chi connectivity index (χ4n) is 2.52. The lowest BCUT2D eigenvalue weighted by atomic mass is 9.92. The lowest BCUT2D eigenvalue weighted by molar-refractivity contribution is -0.260. The number of hydrogen-bond donors (Lipinski definition) is 3. The Hall–Kier alpha value is -1.68. The Morgan fingerprint density at radius 2 is 1.50 bits per heavy atom. The lowest BCUT2D eigenvalue weighted by Crippen LogP contribution is -2.47. The molecule has 0 bridgehead atoms. The molecule has 2 aromatic carbocycles. The maximum atomic E-state index is 13.6. The number of halogens is 8. The largest absolute Gasteiger partial charge is 0.423 e. The van der Waals surface area contributed by atoms with E-state index in [4.69, 9.17) is 28.9 Å². The van der Waals surface area contributed by atoms with Crippen molar-refractivity contribution in [1.29, 1.82) is 0 Å². The highest BCUT2D eigenvalue weighted by Crippen LogP contribution is 2.41. The van der Waals surface area contributed by atoms with E-state index in [1.54, 1.807) is 0 Å². The number of nitrogens with two attached hydrogens (primary N) is 1. The molecule has 28 heavy (non-hydrogen) atoms. The van der Waals surface area contributed by atoms with Gasteiger partial charge in [0.1, 0.15) is 0 Å². The summed E-state index contributed by atoms with van der Waals surface area (Å²) in [5, 5.41) is 12.2. The molecular weight excluding hydrogens is 433 g/mol. The molecule has 2 rings (SSSR count). The Kier molecular flexibility index (Phi) is 6.44. The number of benzene rings is 2. The molecule has 0 aliphatic heterocycles. The summed E-state index contributed by atoms with van der Waals surface area (Å²) in [6, 6.07) is 5.75. The molecule has 0 heterocycles. The van der Waals surface area contributed by atoms with E-state index in [0.29, 0.717) is 6.07 Å². The zero-order valence-corrected chi connectivity index (χ0v) is 15.4. The van der Waals surface area contributed by atoms with Crippen molar-refractivity contribution in [3.63, 3.8) is 0 Å². The van der Waals surface area contributed by atoms with Crippen molar-refractivity contribution < 1.29 is 31.4 Å². The van der Waals surface area contributed by atoms with Gasteiger partial charge < -0.3 is 16.2 Å². The van der Waals surface area contributed by atoms with Crippen molar-refractivity contribution in [2.75, 3.05) is 11.9 Å². The number of hydrogen-bond acceptors (Lipinski definition) is 3. The molecule has 154 valence electrons. The molecule has 11 heteroatoms. The van der Waals surface area contributed by atoms with Crippen LogP contribution in [0.3, 0.4) is 0 Å². The number of nitrogens with one attached hydrogen (secondary N) is 1. The van der Waals surface area contributed by atoms with E-state index in [-0.39, 0.29) is 21.3 Å². The molecule has 0 unspecified atom stereocenters. The maximum absolute atomic E-state index is 13.6. The molecule has 0 aromatic heterocycles. The van der Waals surface area contributed by atoms with Crippen LogP contribution < -0.4 is 11.1 Å². The van der Waals surface area contributed by atoms with E-state index in [1.807, 2.05) is 0 Å². The first-order chi connectivity index (χ1) is 12.8. The highest BCUT2D eigenvalue weighted by molar-refractivity contribution is 6.34. The van der Waals surface area contributed by atoms with Gasteiger partial charge in [-0.1, -0.05) is 29.3 Å². The molecule has 0 radical (unpaired) electrons. The molecule has 3 nitrogen and oxygen atoms in total. The normalized spacial score (nSPS) is 14.6. The van der Waals surface area contributed by atoms with Crippen LogP contribution in [0.4, 0.5) is 32.0 Å². The fraction of sp³-hybridized carbons (Fsp3) is 0.294. The van der Waals surface area contributed by atoms with Crippen molar-refractivity contribution in [3.05, 3.63) is 63.1 Å². The first-order valence-corrected chi connectivity index (χ1v) is 8.43. The summed E-state index contributed by atoms with van der Waals surface area (Å²) in [5.74, 6) is 0. The Morgan fingerprint density at radius 1 is 0.929 bits per heavy atom. The predicted octanol–water partition coefficient (Wildman–Crippen LogP) is 5.33. The summed E-state index contributed by atoms with van der Waals surface area (Å²) in [5.41, 5.74) is -0.414. The van der Waals surface area contributed by atoms with Crippen LogP contribution in [0.25, 0.3) is 0 Å². The molecule has 0 spiro atoms. The minimum atomic E-state index is -5.17. The second kappa shape index (κ2) is 7.98. The lowest BCUT2D eigenvalue weighted by Gasteiger charge is -2.32. The Balaban J connectivity index is 2.40. The third-order valence-electron chi connectivity index (χ3n) is 3.99. The standard InChI is InChI=1S/C17H14Cl2F6N2O/c18-11-3-10(4-12(19)5-11)15(28,17(23,24)25)8-27-13-2-1-9(7-26)14(6-13)16(20,21)22/h1-6,27-28H,7-8,26H2/t15-/m1/s1. The van der Waals surface area contributed by atoms with Gasteiger partial charge in [0, 0.05) is 22.3 Å². The van der Waals surface area contributed by atoms with Crippen LogP contribution in [0.2, 0.25) is 10.0 Å². The van der Waals surface area contributed by atoms with Gasteiger partial charge >= 0.3 is 12.4 Å². The quantitative estimate of drug-likeness (QED) is 0.543. The predicted molar refractivity (Wildman–Crippen MR) is 94.2 cm³/mol. The third kappa shape index (κ3) is 4.83. The van der Waals surface area contributed by atoms with Crippen LogP contribution in [0.15, 0.2) is 36.4 Å². The highest BCUT2D eigenvalue weighted by Gasteiger charge is 2.55. The average molecular weight is 447 g/mol. The van der Waals surface area contributed by atoms with Gasteiger partial charge in [-0.25, -0.2) is 0 Å². The van der Waals surface area contributed by atoms with E-state index in [2.05, 4.69) is 5.32 Å². The SMILES string of the molecule is NCc1ccc(NC[C@@](O)(c2cc(Cl)cc(Cl)c2)C(F)(F)F)cc1C(F)(F)F. The van der Waals surface area contributed by atoms with Crippen molar-refractivity contribution in [2.45, 2.75) is 24.5 Å². The molecule has 0 amide bonds. The Bertz CT molecular complexity index is 836. The summed E-state index contributed by atoms with van der Waals surface area (Å²) in [6.45, 7) is -1.57. The van der Waals surface area contributed by atoms with E-state index < -0.39 is 42.2 Å². The van der Waals surface area contributed by atoms with E-state index in [1.165, 1.54) is 6.07 Å². The van der Waals surface area contributed by atoms with Gasteiger partial charge in [0.2, 0.25) is 5.60 Å². The van der Waals surface area contributed by atoms with E-state index >= 15 is 0 Å². The van der Waals surface area contributed by atoms with Gasteiger partial charge in [0.25, 0.3) is 0 Å². The van der Waals surface area contributed by atoms with E-state index in [9.17, 15) is 31.4 Å². The Labute approximate surface area is 166 Å². The van der Waals surface area contributed by atoms with Crippen molar-refractivity contribution in [2.24, 2.45) is 5.73 Å². The molecule has 0 aliphatic rings. The summed E-state index contributed by atoms with van der Waals surface area (Å²) in [6.07, 6.45) is -9.91. The van der Waals surface area contributed by atoms with Gasteiger partial charge in [-0.2, -0.15) is 26.3 Å². The topological polar surface area (TPSA) is 58.3 Å². The van der Waals surface area contributed by atoms with Gasteiger partial charge in [-0.15, -0.1) is 0 Å². The minimum Gasteiger partial charge on any atom is -0.381 e. The smallest absolute Gasteiger partial charge is 0.381 e. The van der Waals surface area contributed by atoms with Crippen LogP contribution in [0.1, 0.15) is 16.7 Å². The summed E-state index contributed by atoms with van der Waals surface area (Å²) in [4.78, 5) is 0. The van der Waals surface area contributed by atoms with Gasteiger partial charge in [-0.3, -0.25) is 0 Å². The van der Waals surface area contributed by atoms with Crippen LogP contribution in [0, 0.1) is 0 Å². The van der Waals surface area contributed by atoms with Crippen LogP contribution in [0.5, 0.6) is 0 Å². The molecule has 0 saturated heterocycles. The van der Waals surface area contributed by atoms with Crippen LogP contribution >= 0.6 is 23.2 Å². The van der Waals surface area contributed by atoms with Crippen molar-refractivity contribution >= 4 is 28.9 Å². The molecular formula is C17H14Cl2F6N2O. The molecule has 4 N–H and O–H groups in total. The number of aliphatic hydroxyl groups is 1. The molecule has 0 saturated carbocycles. The second-order valence-electron chi connectivity index (χ2n) is 5.94. The summed E-state index contributed by atoms with van der Waals surface area (Å²) < 4.78 is 80.0. The first kappa shape index (κ1) is 22.6. The zero-order valence-electron chi connectivity index (χ0n) is 13.9. The highest BCUT2D eigenvalue weighted by atomic mass is 35.5. The van der Waals surface area contributed by atoms with Crippen LogP contribution in [-0.4, -0.2) is 17.8 Å². The van der Waals surface area contributed by atoms with Gasteiger partial charge in [-0.05, 0) is 41.5 Å². The third-order valence-corrected chi connectivity index (χ3v) is 4.43. The van der Waals surface area contributed by atoms with Gasteiger partial charge in [0.15, 0.2) is 0 Å². The van der Waals surface area contributed by atoms with E-state index in [0.717, 1.165) is 24.3 Å². The van der Waals surface area contributed by atoms with Crippen LogP contribution in [-0.2, 0) is 18.3 Å². The molecule has 0 aliphatic carbocycles. The summed E-state index contributed by atoms with van der Waals surface area (Å²) in [7, 11) is 0. The monoisotopic (exact) mass is 446 g/mol. The molecule has 0 fully saturated rings. The minimum absolute atomic E-state index is 0.142.